The standard InChI is InChI=1S/C28H25N5O5/c1-18(22-16-10-11-17-23(22)38-28(37)20-12-6-4-7-13-20)30-31-26(35)25(34)29-24-19(2)32(3)33(27(24)36)21-14-8-5-9-15-21/h4-17H,1-3H3,(H,29,34)(H,31,35)/b30-18+. The number of nitrogens with one attached hydrogen (secondary N) is 2. The Morgan fingerprint density at radius 2 is 1.45 bits per heavy atom. The fourth-order valence-electron chi connectivity index (χ4n) is 3.72. The zero-order valence-electron chi connectivity index (χ0n) is 21.0. The first-order valence-corrected chi connectivity index (χ1v) is 11.6. The first-order chi connectivity index (χ1) is 18.3. The molecule has 0 saturated carbocycles. The fourth-order valence-corrected chi connectivity index (χ4v) is 3.72. The van der Waals surface area contributed by atoms with E-state index in [4.69, 9.17) is 4.74 Å². The molecule has 10 heteroatoms. The van der Waals surface area contributed by atoms with Crippen LogP contribution in [0.5, 0.6) is 5.75 Å². The molecule has 38 heavy (non-hydrogen) atoms. The van der Waals surface area contributed by atoms with Gasteiger partial charge in [0.05, 0.1) is 22.7 Å². The molecule has 0 aliphatic carbocycles. The van der Waals surface area contributed by atoms with Crippen molar-refractivity contribution in [2.45, 2.75) is 13.8 Å². The lowest BCUT2D eigenvalue weighted by Gasteiger charge is -2.10. The van der Waals surface area contributed by atoms with Gasteiger partial charge < -0.3 is 10.1 Å². The van der Waals surface area contributed by atoms with E-state index < -0.39 is 23.3 Å². The number of ether oxygens (including phenoxy) is 1. The number of hydrazone groups is 1. The Hall–Kier alpha value is -5.25. The van der Waals surface area contributed by atoms with Gasteiger partial charge in [0.15, 0.2) is 0 Å². The second kappa shape index (κ2) is 11.2. The molecule has 0 bridgehead atoms. The van der Waals surface area contributed by atoms with E-state index in [9.17, 15) is 19.2 Å². The van der Waals surface area contributed by atoms with E-state index in [2.05, 4.69) is 15.8 Å². The van der Waals surface area contributed by atoms with Gasteiger partial charge in [-0.2, -0.15) is 5.10 Å². The van der Waals surface area contributed by atoms with Crippen LogP contribution >= 0.6 is 0 Å². The summed E-state index contributed by atoms with van der Waals surface area (Å²) in [7, 11) is 1.68. The van der Waals surface area contributed by atoms with Crippen LogP contribution in [0.4, 0.5) is 5.69 Å². The minimum atomic E-state index is -1.07. The van der Waals surface area contributed by atoms with Gasteiger partial charge in [-0.3, -0.25) is 19.1 Å². The molecule has 192 valence electrons. The summed E-state index contributed by atoms with van der Waals surface area (Å²) in [4.78, 5) is 50.5. The number of amides is 2. The molecule has 0 atom stereocenters. The maximum Gasteiger partial charge on any atom is 0.343 e. The predicted molar refractivity (Wildman–Crippen MR) is 143 cm³/mol. The molecule has 0 aliphatic heterocycles. The summed E-state index contributed by atoms with van der Waals surface area (Å²) in [5.74, 6) is -2.44. The smallest absolute Gasteiger partial charge is 0.343 e. The van der Waals surface area contributed by atoms with Crippen LogP contribution in [-0.4, -0.2) is 32.9 Å². The van der Waals surface area contributed by atoms with Crippen LogP contribution in [-0.2, 0) is 16.6 Å². The van der Waals surface area contributed by atoms with E-state index >= 15 is 0 Å². The molecule has 2 amide bonds. The lowest BCUT2D eigenvalue weighted by molar-refractivity contribution is -0.136. The number of anilines is 1. The van der Waals surface area contributed by atoms with E-state index in [0.717, 1.165) is 0 Å². The number of hydrogen-bond acceptors (Lipinski definition) is 6. The van der Waals surface area contributed by atoms with E-state index in [1.807, 2.05) is 6.07 Å². The predicted octanol–water partition coefficient (Wildman–Crippen LogP) is 3.18. The summed E-state index contributed by atoms with van der Waals surface area (Å²) in [5, 5.41) is 6.37. The summed E-state index contributed by atoms with van der Waals surface area (Å²) in [6.07, 6.45) is 0. The Morgan fingerprint density at radius 3 is 2.13 bits per heavy atom. The molecule has 0 fully saturated rings. The summed E-state index contributed by atoms with van der Waals surface area (Å²) in [6, 6.07) is 24.1. The molecular weight excluding hydrogens is 486 g/mol. The number of nitrogens with zero attached hydrogens (tertiary/aromatic N) is 3. The fraction of sp³-hybridized carbons (Fsp3) is 0.107. The zero-order chi connectivity index (χ0) is 27.2. The molecule has 0 spiro atoms. The molecule has 0 saturated heterocycles. The molecule has 4 aromatic rings. The Labute approximate surface area is 218 Å². The number of para-hydroxylation sites is 2. The second-order valence-corrected chi connectivity index (χ2v) is 8.28. The summed E-state index contributed by atoms with van der Waals surface area (Å²) in [5.41, 5.74) is 3.89. The molecule has 0 unspecified atom stereocenters. The van der Waals surface area contributed by atoms with E-state index in [1.165, 1.54) is 4.68 Å². The van der Waals surface area contributed by atoms with Crippen LogP contribution in [0.3, 0.4) is 0 Å². The minimum Gasteiger partial charge on any atom is -0.422 e. The van der Waals surface area contributed by atoms with Crippen molar-refractivity contribution >= 4 is 29.2 Å². The largest absolute Gasteiger partial charge is 0.422 e. The minimum absolute atomic E-state index is 0.0182. The van der Waals surface area contributed by atoms with Gasteiger partial charge in [-0.1, -0.05) is 48.5 Å². The number of aromatic nitrogens is 2. The average Bonchev–Trinajstić information content (AvgIpc) is 3.15. The topological polar surface area (TPSA) is 124 Å². The Bertz CT molecular complexity index is 1590. The van der Waals surface area contributed by atoms with Gasteiger partial charge >= 0.3 is 17.8 Å². The first kappa shape index (κ1) is 25.8. The third-order valence-corrected chi connectivity index (χ3v) is 5.81. The van der Waals surface area contributed by atoms with Gasteiger partial charge in [0.2, 0.25) is 0 Å². The van der Waals surface area contributed by atoms with Crippen LogP contribution in [0.15, 0.2) is 94.8 Å². The van der Waals surface area contributed by atoms with Crippen molar-refractivity contribution in [3.63, 3.8) is 0 Å². The van der Waals surface area contributed by atoms with Crippen LogP contribution in [0.1, 0.15) is 28.5 Å². The molecule has 3 aromatic carbocycles. The molecule has 2 N–H and O–H groups in total. The lowest BCUT2D eigenvalue weighted by atomic mass is 10.1. The summed E-state index contributed by atoms with van der Waals surface area (Å²) in [6.45, 7) is 3.25. The van der Waals surface area contributed by atoms with E-state index in [1.54, 1.807) is 104 Å². The highest BCUT2D eigenvalue weighted by molar-refractivity contribution is 6.39. The van der Waals surface area contributed by atoms with Gasteiger partial charge in [-0.05, 0) is 50.2 Å². The van der Waals surface area contributed by atoms with Gasteiger partial charge in [0.1, 0.15) is 11.4 Å². The number of carbonyl (C=O) groups is 3. The van der Waals surface area contributed by atoms with Crippen LogP contribution in [0.25, 0.3) is 5.69 Å². The van der Waals surface area contributed by atoms with E-state index in [0.29, 0.717) is 28.2 Å². The SMILES string of the molecule is C/C(=N\NC(=O)C(=O)Nc1c(C)n(C)n(-c2ccccc2)c1=O)c1ccccc1OC(=O)c1ccccc1. The lowest BCUT2D eigenvalue weighted by Crippen LogP contribution is -2.34. The van der Waals surface area contributed by atoms with Crippen molar-refractivity contribution in [3.8, 4) is 11.4 Å². The van der Waals surface area contributed by atoms with Crippen molar-refractivity contribution in [1.29, 1.82) is 0 Å². The number of rotatable bonds is 6. The quantitative estimate of drug-likeness (QED) is 0.135. The van der Waals surface area contributed by atoms with Gasteiger partial charge in [0, 0.05) is 12.6 Å². The van der Waals surface area contributed by atoms with Crippen LogP contribution in [0.2, 0.25) is 0 Å². The van der Waals surface area contributed by atoms with Crippen LogP contribution < -0.4 is 21.0 Å². The normalized spacial score (nSPS) is 11.1. The monoisotopic (exact) mass is 511 g/mol. The highest BCUT2D eigenvalue weighted by Crippen LogP contribution is 2.20. The maximum atomic E-state index is 13.0. The third kappa shape index (κ3) is 5.44. The third-order valence-electron chi connectivity index (χ3n) is 5.81. The Kier molecular flexibility index (Phi) is 7.62. The summed E-state index contributed by atoms with van der Waals surface area (Å²) >= 11 is 0. The molecular formula is C28H25N5O5. The van der Waals surface area contributed by atoms with Crippen molar-refractivity contribution in [2.75, 3.05) is 5.32 Å². The van der Waals surface area contributed by atoms with Gasteiger partial charge in [0.25, 0.3) is 5.56 Å². The van der Waals surface area contributed by atoms with E-state index in [-0.39, 0.29) is 11.4 Å². The zero-order valence-corrected chi connectivity index (χ0v) is 21.0. The molecule has 1 aromatic heterocycles. The van der Waals surface area contributed by atoms with Crippen LogP contribution in [0, 0.1) is 6.92 Å². The van der Waals surface area contributed by atoms with Crippen molar-refractivity contribution < 1.29 is 19.1 Å². The number of benzene rings is 3. The maximum absolute atomic E-state index is 13.0. The highest BCUT2D eigenvalue weighted by atomic mass is 16.5. The number of esters is 1. The Morgan fingerprint density at radius 1 is 0.842 bits per heavy atom. The molecule has 10 nitrogen and oxygen atoms in total. The van der Waals surface area contributed by atoms with Gasteiger partial charge in [-0.15, -0.1) is 0 Å². The molecule has 0 aliphatic rings. The van der Waals surface area contributed by atoms with Crippen molar-refractivity contribution in [3.05, 3.63) is 112 Å². The van der Waals surface area contributed by atoms with Crippen molar-refractivity contribution in [2.24, 2.45) is 12.1 Å². The second-order valence-electron chi connectivity index (χ2n) is 8.28. The summed E-state index contributed by atoms with van der Waals surface area (Å²) < 4.78 is 8.48. The number of carbonyl (C=O) groups excluding carboxylic acids is 3. The average molecular weight is 512 g/mol. The Balaban J connectivity index is 1.47. The number of hydrogen-bond donors (Lipinski definition) is 2. The molecule has 1 heterocycles. The van der Waals surface area contributed by atoms with Gasteiger partial charge in [-0.25, -0.2) is 14.9 Å². The molecule has 0 radical (unpaired) electrons. The first-order valence-electron chi connectivity index (χ1n) is 11.6. The molecule has 4 rings (SSSR count). The van der Waals surface area contributed by atoms with Crippen molar-refractivity contribution in [1.82, 2.24) is 14.8 Å². The highest BCUT2D eigenvalue weighted by Gasteiger charge is 2.22.